The van der Waals surface area contributed by atoms with Crippen LogP contribution in [-0.4, -0.2) is 43.7 Å². The minimum atomic E-state index is -0.599. The Morgan fingerprint density at radius 1 is 1.36 bits per heavy atom. The van der Waals surface area contributed by atoms with E-state index in [2.05, 4.69) is 44.5 Å². The van der Waals surface area contributed by atoms with Crippen LogP contribution in [0.5, 0.6) is 0 Å². The normalized spacial score (nSPS) is 17.1. The molecule has 1 atom stereocenters. The lowest BCUT2D eigenvalue weighted by molar-refractivity contribution is -0.122. The van der Waals surface area contributed by atoms with E-state index in [0.29, 0.717) is 17.3 Å². The second-order valence-corrected chi connectivity index (χ2v) is 7.31. The van der Waals surface area contributed by atoms with Crippen LogP contribution in [0.1, 0.15) is 26.1 Å². The number of anilines is 2. The molecule has 1 aliphatic rings. The molecule has 4 rings (SSSR count). The fraction of sp³-hybridized carbons (Fsp3) is 0.389. The van der Waals surface area contributed by atoms with Gasteiger partial charge in [0, 0.05) is 19.4 Å². The van der Waals surface area contributed by atoms with Gasteiger partial charge in [0.05, 0.1) is 16.8 Å². The monoisotopic (exact) mass is 385 g/mol. The van der Waals surface area contributed by atoms with E-state index in [-0.39, 0.29) is 41.9 Å². The molecule has 0 radical (unpaired) electrons. The van der Waals surface area contributed by atoms with Crippen LogP contribution in [-0.2, 0) is 16.0 Å². The number of benzene rings is 1. The highest BCUT2D eigenvalue weighted by atomic mass is 19.1. The summed E-state index contributed by atoms with van der Waals surface area (Å²) in [6, 6.07) is 4.55. The van der Waals surface area contributed by atoms with Crippen LogP contribution in [0.2, 0.25) is 0 Å². The predicted octanol–water partition coefficient (Wildman–Crippen LogP) is 2.01. The van der Waals surface area contributed by atoms with E-state index in [9.17, 15) is 14.0 Å². The molecule has 1 saturated heterocycles. The van der Waals surface area contributed by atoms with Crippen molar-refractivity contribution in [3.63, 3.8) is 0 Å². The molecule has 28 heavy (non-hydrogen) atoms. The molecule has 9 nitrogen and oxygen atoms in total. The van der Waals surface area contributed by atoms with Crippen LogP contribution >= 0.6 is 0 Å². The quantitative estimate of drug-likeness (QED) is 0.621. The van der Waals surface area contributed by atoms with Crippen LogP contribution in [0.25, 0.3) is 10.9 Å². The average molecular weight is 385 g/mol. The third kappa shape index (κ3) is 3.32. The van der Waals surface area contributed by atoms with E-state index in [1.165, 1.54) is 11.0 Å². The van der Waals surface area contributed by atoms with Crippen molar-refractivity contribution in [1.82, 2.24) is 25.4 Å². The Morgan fingerprint density at radius 3 is 2.96 bits per heavy atom. The molecule has 3 N–H and O–H groups in total. The number of H-pyrrole nitrogens is 2. The van der Waals surface area contributed by atoms with Gasteiger partial charge in [-0.15, -0.1) is 5.10 Å². The molecule has 0 bridgehead atoms. The number of nitrogens with zero attached hydrogens (tertiary/aromatic N) is 4. The van der Waals surface area contributed by atoms with E-state index < -0.39 is 11.7 Å². The minimum Gasteiger partial charge on any atom is -0.294 e. The highest BCUT2D eigenvalue weighted by molar-refractivity contribution is 6.06. The summed E-state index contributed by atoms with van der Waals surface area (Å²) in [6.07, 6.45) is 0.730. The van der Waals surface area contributed by atoms with E-state index in [1.807, 2.05) is 0 Å². The van der Waals surface area contributed by atoms with E-state index in [4.69, 9.17) is 0 Å². The second kappa shape index (κ2) is 7.02. The Morgan fingerprint density at radius 2 is 2.18 bits per heavy atom. The summed E-state index contributed by atoms with van der Waals surface area (Å²) in [5, 5.41) is 16.5. The van der Waals surface area contributed by atoms with Gasteiger partial charge in [-0.25, -0.2) is 4.39 Å². The van der Waals surface area contributed by atoms with Gasteiger partial charge >= 0.3 is 0 Å². The number of aromatic amines is 2. The lowest BCUT2D eigenvalue weighted by Crippen LogP contribution is -2.28. The first-order valence-corrected chi connectivity index (χ1v) is 9.07. The van der Waals surface area contributed by atoms with E-state index in [1.54, 1.807) is 12.1 Å². The summed E-state index contributed by atoms with van der Waals surface area (Å²) in [6.45, 7) is 4.23. The Balaban J connectivity index is 1.48. The molecule has 0 spiro atoms. The van der Waals surface area contributed by atoms with Crippen molar-refractivity contribution >= 4 is 34.5 Å². The van der Waals surface area contributed by atoms with Crippen molar-refractivity contribution in [2.24, 2.45) is 11.8 Å². The van der Waals surface area contributed by atoms with Gasteiger partial charge < -0.3 is 0 Å². The van der Waals surface area contributed by atoms with Crippen molar-refractivity contribution in [1.29, 1.82) is 0 Å². The fourth-order valence-electron chi connectivity index (χ4n) is 3.34. The predicted molar refractivity (Wildman–Crippen MR) is 100 cm³/mol. The zero-order chi connectivity index (χ0) is 19.8. The second-order valence-electron chi connectivity index (χ2n) is 7.31. The Kier molecular flexibility index (Phi) is 4.54. The van der Waals surface area contributed by atoms with Crippen molar-refractivity contribution in [3.05, 3.63) is 29.8 Å². The van der Waals surface area contributed by atoms with Gasteiger partial charge in [0.25, 0.3) is 0 Å². The van der Waals surface area contributed by atoms with Gasteiger partial charge in [-0.2, -0.15) is 10.1 Å². The Hall–Kier alpha value is -3.30. The number of aromatic nitrogens is 5. The van der Waals surface area contributed by atoms with Gasteiger partial charge in [-0.3, -0.25) is 30.0 Å². The smallest absolute Gasteiger partial charge is 0.248 e. The maximum Gasteiger partial charge on any atom is 0.248 e. The van der Waals surface area contributed by atoms with E-state index in [0.717, 1.165) is 6.42 Å². The number of fused-ring (bicyclic) bond motifs is 1. The Labute approximate surface area is 159 Å². The van der Waals surface area contributed by atoms with Crippen LogP contribution in [0.4, 0.5) is 16.2 Å². The third-order valence-electron chi connectivity index (χ3n) is 4.64. The topological polar surface area (TPSA) is 120 Å². The van der Waals surface area contributed by atoms with Gasteiger partial charge in [-0.05, 0) is 18.1 Å². The summed E-state index contributed by atoms with van der Waals surface area (Å²) in [5.41, 5.74) is 0.495. The first-order chi connectivity index (χ1) is 13.4. The number of amides is 2. The standard InChI is InChI=1S/C18H20FN7O2/c1-9(2)6-13-20-18(25-23-13)21-17(28)10-7-14(27)26(8-10)16-15-11(19)4-3-5-12(15)22-24-16/h3-5,9-10H,6-8H2,1-2H3,(H,22,24)(H2,20,21,23,25,28)/t10-/m0/s1. The van der Waals surface area contributed by atoms with Gasteiger partial charge in [0.2, 0.25) is 17.8 Å². The van der Waals surface area contributed by atoms with Crippen LogP contribution in [0.3, 0.4) is 0 Å². The van der Waals surface area contributed by atoms with Gasteiger partial charge in [0.15, 0.2) is 5.82 Å². The molecule has 1 aromatic carbocycles. The zero-order valence-electron chi connectivity index (χ0n) is 15.5. The highest BCUT2D eigenvalue weighted by Crippen LogP contribution is 2.31. The SMILES string of the molecule is CC(C)Cc1nc(NC(=O)[C@H]2CC(=O)N(c3n[nH]c4cccc(F)c34)C2)n[nH]1. The van der Waals surface area contributed by atoms with Crippen molar-refractivity contribution in [2.45, 2.75) is 26.7 Å². The lowest BCUT2D eigenvalue weighted by atomic mass is 10.1. The third-order valence-corrected chi connectivity index (χ3v) is 4.64. The number of carbonyl (C=O) groups excluding carboxylic acids is 2. The largest absolute Gasteiger partial charge is 0.294 e. The highest BCUT2D eigenvalue weighted by Gasteiger charge is 2.37. The summed E-state index contributed by atoms with van der Waals surface area (Å²) in [7, 11) is 0. The van der Waals surface area contributed by atoms with Crippen molar-refractivity contribution < 1.29 is 14.0 Å². The van der Waals surface area contributed by atoms with E-state index >= 15 is 0 Å². The molecule has 146 valence electrons. The number of halogens is 1. The van der Waals surface area contributed by atoms with Crippen LogP contribution < -0.4 is 10.2 Å². The van der Waals surface area contributed by atoms with Gasteiger partial charge in [-0.1, -0.05) is 19.9 Å². The lowest BCUT2D eigenvalue weighted by Gasteiger charge is -2.14. The molecular formula is C18H20FN7O2. The Bertz CT molecular complexity index is 1040. The molecule has 10 heteroatoms. The summed E-state index contributed by atoms with van der Waals surface area (Å²) in [5.74, 6) is -0.236. The minimum absolute atomic E-state index is 0.0118. The number of carbonyl (C=O) groups is 2. The number of nitrogens with one attached hydrogen (secondary N) is 3. The fourth-order valence-corrected chi connectivity index (χ4v) is 3.34. The molecule has 0 unspecified atom stereocenters. The molecule has 3 heterocycles. The molecule has 1 aliphatic heterocycles. The van der Waals surface area contributed by atoms with Crippen LogP contribution in [0.15, 0.2) is 18.2 Å². The van der Waals surface area contributed by atoms with Crippen molar-refractivity contribution in [2.75, 3.05) is 16.8 Å². The molecule has 2 amide bonds. The van der Waals surface area contributed by atoms with Gasteiger partial charge in [0.1, 0.15) is 11.6 Å². The van der Waals surface area contributed by atoms with Crippen LogP contribution in [0, 0.1) is 17.7 Å². The maximum absolute atomic E-state index is 14.2. The number of rotatable bonds is 5. The first-order valence-electron chi connectivity index (χ1n) is 9.07. The first kappa shape index (κ1) is 18.1. The molecule has 2 aromatic heterocycles. The molecule has 3 aromatic rings. The maximum atomic E-state index is 14.2. The average Bonchev–Trinajstić information content (AvgIpc) is 3.33. The number of hydrogen-bond acceptors (Lipinski definition) is 5. The molecule has 0 aliphatic carbocycles. The summed E-state index contributed by atoms with van der Waals surface area (Å²) in [4.78, 5) is 30.6. The molecular weight excluding hydrogens is 365 g/mol. The summed E-state index contributed by atoms with van der Waals surface area (Å²) >= 11 is 0. The number of hydrogen-bond donors (Lipinski definition) is 3. The summed E-state index contributed by atoms with van der Waals surface area (Å²) < 4.78 is 14.2. The zero-order valence-corrected chi connectivity index (χ0v) is 15.5. The van der Waals surface area contributed by atoms with Crippen molar-refractivity contribution in [3.8, 4) is 0 Å². The molecule has 0 saturated carbocycles. The molecule has 1 fully saturated rings.